The van der Waals surface area contributed by atoms with Crippen molar-refractivity contribution in [2.45, 2.75) is 32.9 Å². The summed E-state index contributed by atoms with van der Waals surface area (Å²) in [5.41, 5.74) is 5.46. The van der Waals surface area contributed by atoms with Gasteiger partial charge in [0.25, 0.3) is 0 Å². The number of nitrogens with zero attached hydrogens (tertiary/aromatic N) is 4. The van der Waals surface area contributed by atoms with Gasteiger partial charge in [-0.05, 0) is 62.7 Å². The van der Waals surface area contributed by atoms with Crippen molar-refractivity contribution in [1.29, 1.82) is 0 Å². The Morgan fingerprint density at radius 2 is 1.89 bits per heavy atom. The molecule has 0 aliphatic rings. The molecule has 0 spiro atoms. The Labute approximate surface area is 173 Å². The Morgan fingerprint density at radius 3 is 2.57 bits per heavy atom. The molecule has 6 heteroatoms. The van der Waals surface area contributed by atoms with Gasteiger partial charge in [0.05, 0.1) is 18.0 Å². The lowest BCUT2D eigenvalue weighted by molar-refractivity contribution is 0.185. The van der Waals surface area contributed by atoms with Crippen LogP contribution in [0.2, 0.25) is 0 Å². The Morgan fingerprint density at radius 1 is 1.07 bits per heavy atom. The molecule has 0 radical (unpaired) electrons. The van der Waals surface area contributed by atoms with Crippen molar-refractivity contribution in [2.24, 2.45) is 0 Å². The first-order valence-electron chi connectivity index (χ1n) is 9.17. The van der Waals surface area contributed by atoms with Crippen LogP contribution in [0, 0.1) is 0 Å². The first kappa shape index (κ1) is 18.9. The maximum Gasteiger partial charge on any atom is 0.138 e. The van der Waals surface area contributed by atoms with E-state index in [1.807, 2.05) is 4.68 Å². The molecule has 2 heterocycles. The Kier molecular flexibility index (Phi) is 4.85. The van der Waals surface area contributed by atoms with Gasteiger partial charge in [0.2, 0.25) is 0 Å². The fourth-order valence-electron chi connectivity index (χ4n) is 3.68. The second kappa shape index (κ2) is 7.18. The van der Waals surface area contributed by atoms with Crippen molar-refractivity contribution in [3.05, 3.63) is 65.2 Å². The number of hydrogen-bond donors (Lipinski definition) is 0. The molecule has 0 N–H and O–H groups in total. The third-order valence-electron chi connectivity index (χ3n) is 4.75. The molecular weight excluding hydrogens is 416 g/mol. The van der Waals surface area contributed by atoms with Gasteiger partial charge in [-0.2, -0.15) is 5.10 Å². The number of ether oxygens (including phenoxy) is 1. The van der Waals surface area contributed by atoms with Gasteiger partial charge in [-0.1, -0.05) is 22.0 Å². The van der Waals surface area contributed by atoms with E-state index in [1.54, 1.807) is 19.8 Å². The highest BCUT2D eigenvalue weighted by atomic mass is 79.9. The standard InChI is InChI=1S/C22H23BrN4O/c1-22(2,3)27-19-8-6-17(23)10-16(19)11-21(27)18-9-15(12-28-4)5-7-20(18)26-14-24-13-25-26/h5-11,13-14H,12H2,1-4H3. The second-order valence-electron chi connectivity index (χ2n) is 7.86. The van der Waals surface area contributed by atoms with E-state index in [0.29, 0.717) is 6.61 Å². The molecule has 4 rings (SSSR count). The van der Waals surface area contributed by atoms with Crippen molar-refractivity contribution in [1.82, 2.24) is 19.3 Å². The molecule has 4 aromatic rings. The van der Waals surface area contributed by atoms with Crippen LogP contribution in [0.3, 0.4) is 0 Å². The Hall–Kier alpha value is -2.44. The summed E-state index contributed by atoms with van der Waals surface area (Å²) in [7, 11) is 1.72. The molecule has 0 aliphatic carbocycles. The van der Waals surface area contributed by atoms with Crippen molar-refractivity contribution in [3.8, 4) is 16.9 Å². The first-order chi connectivity index (χ1) is 13.4. The Bertz CT molecular complexity index is 1120. The summed E-state index contributed by atoms with van der Waals surface area (Å²) in [5.74, 6) is 0. The summed E-state index contributed by atoms with van der Waals surface area (Å²) in [6, 6.07) is 15.0. The molecule has 0 atom stereocenters. The van der Waals surface area contributed by atoms with Crippen LogP contribution in [0.15, 0.2) is 59.6 Å². The minimum absolute atomic E-state index is 0.0954. The molecule has 5 nitrogen and oxygen atoms in total. The van der Waals surface area contributed by atoms with Crippen molar-refractivity contribution < 1.29 is 4.74 Å². The van der Waals surface area contributed by atoms with Crippen molar-refractivity contribution in [3.63, 3.8) is 0 Å². The predicted octanol–water partition coefficient (Wildman–Crippen LogP) is 5.55. The molecule has 28 heavy (non-hydrogen) atoms. The van der Waals surface area contributed by atoms with Gasteiger partial charge in [-0.15, -0.1) is 0 Å². The van der Waals surface area contributed by atoms with Crippen LogP contribution in [-0.4, -0.2) is 26.4 Å². The molecule has 0 saturated heterocycles. The maximum atomic E-state index is 5.37. The number of aromatic nitrogens is 4. The summed E-state index contributed by atoms with van der Waals surface area (Å²) in [6.45, 7) is 7.25. The lowest BCUT2D eigenvalue weighted by atomic mass is 10.0. The molecule has 0 bridgehead atoms. The highest BCUT2D eigenvalue weighted by molar-refractivity contribution is 9.10. The van der Waals surface area contributed by atoms with Gasteiger partial charge in [0.15, 0.2) is 0 Å². The molecule has 144 valence electrons. The topological polar surface area (TPSA) is 44.9 Å². The van der Waals surface area contributed by atoms with Crippen molar-refractivity contribution >= 4 is 26.8 Å². The summed E-state index contributed by atoms with van der Waals surface area (Å²) in [4.78, 5) is 4.13. The maximum absolute atomic E-state index is 5.37. The smallest absolute Gasteiger partial charge is 0.138 e. The average molecular weight is 439 g/mol. The molecule has 0 aliphatic heterocycles. The molecule has 2 aromatic carbocycles. The lowest BCUT2D eigenvalue weighted by Gasteiger charge is -2.27. The minimum Gasteiger partial charge on any atom is -0.380 e. The predicted molar refractivity (Wildman–Crippen MR) is 116 cm³/mol. The van der Waals surface area contributed by atoms with Gasteiger partial charge in [0, 0.05) is 33.6 Å². The molecule has 2 aromatic heterocycles. The lowest BCUT2D eigenvalue weighted by Crippen LogP contribution is -2.22. The van der Waals surface area contributed by atoms with E-state index in [0.717, 1.165) is 27.0 Å². The van der Waals surface area contributed by atoms with E-state index in [1.165, 1.54) is 10.9 Å². The van der Waals surface area contributed by atoms with Crippen LogP contribution in [0.5, 0.6) is 0 Å². The third kappa shape index (κ3) is 3.38. The van der Waals surface area contributed by atoms with E-state index in [-0.39, 0.29) is 5.54 Å². The number of rotatable bonds is 4. The van der Waals surface area contributed by atoms with Crippen LogP contribution >= 0.6 is 15.9 Å². The van der Waals surface area contributed by atoms with Crippen molar-refractivity contribution in [2.75, 3.05) is 7.11 Å². The van der Waals surface area contributed by atoms with E-state index in [2.05, 4.69) is 93.8 Å². The van der Waals surface area contributed by atoms with Crippen LogP contribution in [0.1, 0.15) is 26.3 Å². The van der Waals surface area contributed by atoms with E-state index >= 15 is 0 Å². The molecule has 0 amide bonds. The quantitative estimate of drug-likeness (QED) is 0.419. The molecule has 0 fully saturated rings. The van der Waals surface area contributed by atoms with Gasteiger partial charge in [-0.25, -0.2) is 9.67 Å². The molecule has 0 unspecified atom stereocenters. The fraction of sp³-hybridized carbons (Fsp3) is 0.273. The highest BCUT2D eigenvalue weighted by Crippen LogP contribution is 2.37. The minimum atomic E-state index is -0.0954. The van der Waals surface area contributed by atoms with Crippen LogP contribution in [0.4, 0.5) is 0 Å². The zero-order valence-electron chi connectivity index (χ0n) is 16.5. The molecular formula is C22H23BrN4O. The van der Waals surface area contributed by atoms with E-state index in [4.69, 9.17) is 4.74 Å². The van der Waals surface area contributed by atoms with Crippen LogP contribution in [0.25, 0.3) is 27.8 Å². The van der Waals surface area contributed by atoms with Gasteiger partial charge >= 0.3 is 0 Å². The monoisotopic (exact) mass is 438 g/mol. The van der Waals surface area contributed by atoms with E-state index in [9.17, 15) is 0 Å². The Balaban J connectivity index is 2.05. The van der Waals surface area contributed by atoms with E-state index < -0.39 is 0 Å². The van der Waals surface area contributed by atoms with Crippen LogP contribution < -0.4 is 0 Å². The zero-order chi connectivity index (χ0) is 19.9. The summed E-state index contributed by atoms with van der Waals surface area (Å²) >= 11 is 3.60. The normalized spacial score (nSPS) is 12.0. The number of hydrogen-bond acceptors (Lipinski definition) is 3. The average Bonchev–Trinajstić information content (AvgIpc) is 3.28. The number of fused-ring (bicyclic) bond motifs is 1. The van der Waals surface area contributed by atoms with Gasteiger partial charge in [0.1, 0.15) is 12.7 Å². The fourth-order valence-corrected chi connectivity index (χ4v) is 4.06. The molecule has 0 saturated carbocycles. The summed E-state index contributed by atoms with van der Waals surface area (Å²) in [6.07, 6.45) is 3.29. The van der Waals surface area contributed by atoms with Gasteiger partial charge in [-0.3, -0.25) is 0 Å². The largest absolute Gasteiger partial charge is 0.380 e. The highest BCUT2D eigenvalue weighted by Gasteiger charge is 2.23. The first-order valence-corrected chi connectivity index (χ1v) is 9.96. The summed E-state index contributed by atoms with van der Waals surface area (Å²) < 4.78 is 10.6. The second-order valence-corrected chi connectivity index (χ2v) is 8.78. The third-order valence-corrected chi connectivity index (χ3v) is 5.24. The summed E-state index contributed by atoms with van der Waals surface area (Å²) in [5, 5.41) is 5.56. The zero-order valence-corrected chi connectivity index (χ0v) is 18.1. The number of methoxy groups -OCH3 is 1. The van der Waals surface area contributed by atoms with Gasteiger partial charge < -0.3 is 9.30 Å². The number of benzene rings is 2. The van der Waals surface area contributed by atoms with Crippen LogP contribution in [-0.2, 0) is 16.9 Å². The SMILES string of the molecule is COCc1ccc(-n2cncn2)c(-c2cc3cc(Br)ccc3n2C(C)(C)C)c1. The number of halogens is 1.